The van der Waals surface area contributed by atoms with Gasteiger partial charge in [-0.1, -0.05) is 6.07 Å². The third-order valence-corrected chi connectivity index (χ3v) is 3.66. The fourth-order valence-corrected chi connectivity index (χ4v) is 2.39. The highest BCUT2D eigenvalue weighted by atomic mass is 19.4. The second-order valence-corrected chi connectivity index (χ2v) is 5.99. The minimum Gasteiger partial charge on any atom is -0.491 e. The van der Waals surface area contributed by atoms with Crippen LogP contribution in [0.5, 0.6) is 5.75 Å². The van der Waals surface area contributed by atoms with Crippen LogP contribution in [0.1, 0.15) is 31.4 Å². The first-order valence-electron chi connectivity index (χ1n) is 7.47. The van der Waals surface area contributed by atoms with E-state index in [4.69, 9.17) is 9.84 Å². The lowest BCUT2D eigenvalue weighted by atomic mass is 10.1. The van der Waals surface area contributed by atoms with E-state index in [-0.39, 0.29) is 30.4 Å². The molecule has 0 bridgehead atoms. The van der Waals surface area contributed by atoms with Gasteiger partial charge in [-0.25, -0.2) is 0 Å². The van der Waals surface area contributed by atoms with Crippen molar-refractivity contribution in [3.63, 3.8) is 0 Å². The maximum atomic E-state index is 13.2. The molecule has 0 spiro atoms. The SMILES string of the molecule is CC(C)Oc1ccc(CNC(=O)C2CC2C(=O)O)c(C(F)(F)F)c1. The third kappa shape index (κ3) is 4.39. The van der Waals surface area contributed by atoms with Gasteiger partial charge in [0, 0.05) is 6.54 Å². The number of carbonyl (C=O) groups is 2. The van der Waals surface area contributed by atoms with Crippen molar-refractivity contribution >= 4 is 11.9 Å². The second kappa shape index (κ2) is 6.70. The summed E-state index contributed by atoms with van der Waals surface area (Å²) in [6, 6.07) is 3.56. The van der Waals surface area contributed by atoms with Crippen molar-refractivity contribution in [1.29, 1.82) is 0 Å². The number of hydrogen-bond acceptors (Lipinski definition) is 3. The Hall–Kier alpha value is -2.25. The van der Waals surface area contributed by atoms with Crippen LogP contribution in [0.25, 0.3) is 0 Å². The Bertz CT molecular complexity index is 643. The molecule has 1 fully saturated rings. The van der Waals surface area contributed by atoms with Gasteiger partial charge in [-0.05, 0) is 38.0 Å². The minimum atomic E-state index is -4.58. The summed E-state index contributed by atoms with van der Waals surface area (Å²) in [5, 5.41) is 11.1. The standard InChI is InChI=1S/C16H18F3NO4/c1-8(2)24-10-4-3-9(13(5-10)16(17,18)19)7-20-14(21)11-6-12(11)15(22)23/h3-5,8,11-12H,6-7H2,1-2H3,(H,20,21)(H,22,23). The predicted octanol–water partition coefficient (Wildman–Crippen LogP) is 2.83. The molecule has 1 saturated carbocycles. The number of carboxylic acids is 1. The maximum absolute atomic E-state index is 13.2. The zero-order valence-electron chi connectivity index (χ0n) is 13.2. The summed E-state index contributed by atoms with van der Waals surface area (Å²) in [5.41, 5.74) is -0.981. The Morgan fingerprint density at radius 2 is 2.00 bits per heavy atom. The first-order valence-corrected chi connectivity index (χ1v) is 7.47. The molecule has 0 saturated heterocycles. The van der Waals surface area contributed by atoms with Gasteiger partial charge in [-0.2, -0.15) is 13.2 Å². The number of carbonyl (C=O) groups excluding carboxylic acids is 1. The maximum Gasteiger partial charge on any atom is 0.416 e. The number of hydrogen-bond donors (Lipinski definition) is 2. The van der Waals surface area contributed by atoms with Crippen LogP contribution < -0.4 is 10.1 Å². The van der Waals surface area contributed by atoms with Crippen molar-refractivity contribution in [2.75, 3.05) is 0 Å². The molecule has 2 atom stereocenters. The largest absolute Gasteiger partial charge is 0.491 e. The minimum absolute atomic E-state index is 0.0977. The summed E-state index contributed by atoms with van der Waals surface area (Å²) < 4.78 is 44.8. The number of ether oxygens (including phenoxy) is 1. The number of rotatable bonds is 6. The molecule has 0 aromatic heterocycles. The number of nitrogens with one attached hydrogen (secondary N) is 1. The molecule has 2 rings (SSSR count). The Morgan fingerprint density at radius 3 is 2.50 bits per heavy atom. The molecule has 1 aromatic carbocycles. The Kier molecular flexibility index (Phi) is 5.05. The monoisotopic (exact) mass is 345 g/mol. The summed E-state index contributed by atoms with van der Waals surface area (Å²) in [4.78, 5) is 22.5. The molecule has 0 heterocycles. The molecule has 1 aliphatic rings. The molecule has 1 amide bonds. The average Bonchev–Trinajstić information content (AvgIpc) is 3.24. The molecule has 0 radical (unpaired) electrons. The van der Waals surface area contributed by atoms with E-state index in [0.29, 0.717) is 0 Å². The number of alkyl halides is 3. The molecule has 2 N–H and O–H groups in total. The van der Waals surface area contributed by atoms with Crippen LogP contribution in [0.2, 0.25) is 0 Å². The normalized spacial score (nSPS) is 19.9. The number of amides is 1. The molecule has 2 unspecified atom stereocenters. The zero-order valence-corrected chi connectivity index (χ0v) is 13.2. The highest BCUT2D eigenvalue weighted by Crippen LogP contribution is 2.39. The topological polar surface area (TPSA) is 75.6 Å². The van der Waals surface area contributed by atoms with Crippen molar-refractivity contribution in [2.45, 2.75) is 39.1 Å². The smallest absolute Gasteiger partial charge is 0.416 e. The Labute approximate surface area is 136 Å². The molecule has 0 aliphatic heterocycles. The van der Waals surface area contributed by atoms with Gasteiger partial charge < -0.3 is 15.2 Å². The number of carboxylic acid groups (broad SMARTS) is 1. The van der Waals surface area contributed by atoms with Crippen LogP contribution in [-0.4, -0.2) is 23.1 Å². The molecule has 8 heteroatoms. The Balaban J connectivity index is 2.09. The van der Waals surface area contributed by atoms with Crippen LogP contribution in [0.15, 0.2) is 18.2 Å². The first kappa shape index (κ1) is 18.1. The fraction of sp³-hybridized carbons (Fsp3) is 0.500. The van der Waals surface area contributed by atoms with Gasteiger partial charge in [-0.15, -0.1) is 0 Å². The lowest BCUT2D eigenvalue weighted by molar-refractivity contribution is -0.140. The van der Waals surface area contributed by atoms with E-state index >= 15 is 0 Å². The fourth-order valence-electron chi connectivity index (χ4n) is 2.39. The van der Waals surface area contributed by atoms with Crippen molar-refractivity contribution in [3.8, 4) is 5.75 Å². The van der Waals surface area contributed by atoms with Crippen molar-refractivity contribution in [1.82, 2.24) is 5.32 Å². The van der Waals surface area contributed by atoms with Crippen molar-refractivity contribution in [2.24, 2.45) is 11.8 Å². The van der Waals surface area contributed by atoms with Gasteiger partial charge in [-0.3, -0.25) is 9.59 Å². The van der Waals surface area contributed by atoms with E-state index in [1.165, 1.54) is 12.1 Å². The molecular formula is C16H18F3NO4. The molecular weight excluding hydrogens is 327 g/mol. The van der Waals surface area contributed by atoms with Gasteiger partial charge in [0.2, 0.25) is 5.91 Å². The van der Waals surface area contributed by atoms with E-state index in [1.54, 1.807) is 13.8 Å². The lowest BCUT2D eigenvalue weighted by Crippen LogP contribution is -2.27. The van der Waals surface area contributed by atoms with Gasteiger partial charge in [0.1, 0.15) is 5.75 Å². The van der Waals surface area contributed by atoms with Gasteiger partial charge in [0.05, 0.1) is 23.5 Å². The summed E-state index contributed by atoms with van der Waals surface area (Å²) in [5.74, 6) is -2.92. The highest BCUT2D eigenvalue weighted by Gasteiger charge is 2.48. The summed E-state index contributed by atoms with van der Waals surface area (Å²) >= 11 is 0. The summed E-state index contributed by atoms with van der Waals surface area (Å²) in [7, 11) is 0. The number of aliphatic carboxylic acids is 1. The molecule has 5 nitrogen and oxygen atoms in total. The lowest BCUT2D eigenvalue weighted by Gasteiger charge is -2.17. The van der Waals surface area contributed by atoms with Crippen LogP contribution in [-0.2, 0) is 22.3 Å². The van der Waals surface area contributed by atoms with Crippen LogP contribution in [0, 0.1) is 11.8 Å². The second-order valence-electron chi connectivity index (χ2n) is 5.99. The van der Waals surface area contributed by atoms with Gasteiger partial charge in [0.25, 0.3) is 0 Å². The molecule has 1 aromatic rings. The van der Waals surface area contributed by atoms with E-state index in [1.807, 2.05) is 0 Å². The quantitative estimate of drug-likeness (QED) is 0.831. The van der Waals surface area contributed by atoms with Crippen LogP contribution in [0.4, 0.5) is 13.2 Å². The first-order chi connectivity index (χ1) is 11.1. The number of benzene rings is 1. The van der Waals surface area contributed by atoms with E-state index in [0.717, 1.165) is 6.07 Å². The molecule has 132 valence electrons. The molecule has 1 aliphatic carbocycles. The highest BCUT2D eigenvalue weighted by molar-refractivity contribution is 5.89. The summed E-state index contributed by atoms with van der Waals surface area (Å²) in [6.07, 6.45) is -4.63. The number of halogens is 3. The van der Waals surface area contributed by atoms with E-state index in [2.05, 4.69) is 5.32 Å². The summed E-state index contributed by atoms with van der Waals surface area (Å²) in [6.45, 7) is 3.09. The van der Waals surface area contributed by atoms with Crippen molar-refractivity contribution < 1.29 is 32.6 Å². The van der Waals surface area contributed by atoms with Crippen LogP contribution in [0.3, 0.4) is 0 Å². The van der Waals surface area contributed by atoms with Crippen molar-refractivity contribution in [3.05, 3.63) is 29.3 Å². The third-order valence-electron chi connectivity index (χ3n) is 3.66. The Morgan fingerprint density at radius 1 is 1.33 bits per heavy atom. The predicted molar refractivity (Wildman–Crippen MR) is 78.3 cm³/mol. The van der Waals surface area contributed by atoms with Gasteiger partial charge >= 0.3 is 12.1 Å². The van der Waals surface area contributed by atoms with Gasteiger partial charge in [0.15, 0.2) is 0 Å². The molecule has 24 heavy (non-hydrogen) atoms. The average molecular weight is 345 g/mol. The zero-order chi connectivity index (χ0) is 18.1. The van der Waals surface area contributed by atoms with E-state index < -0.39 is 35.5 Å². The van der Waals surface area contributed by atoms with E-state index in [9.17, 15) is 22.8 Å². The van der Waals surface area contributed by atoms with Crippen LogP contribution >= 0.6 is 0 Å².